The SMILES string of the molecule is O=C(O)c1csc2c(NCc3cc(F)cc(F)c3)c(C(=O)N3CCC(c4ccccc4)CC3)cnc12. The lowest BCUT2D eigenvalue weighted by Gasteiger charge is -2.32. The molecule has 1 saturated heterocycles. The van der Waals surface area contributed by atoms with Gasteiger partial charge in [0.15, 0.2) is 0 Å². The van der Waals surface area contributed by atoms with Gasteiger partial charge in [-0.15, -0.1) is 11.3 Å². The predicted molar refractivity (Wildman–Crippen MR) is 135 cm³/mol. The van der Waals surface area contributed by atoms with Crippen LogP contribution in [0.4, 0.5) is 14.5 Å². The van der Waals surface area contributed by atoms with Crippen molar-refractivity contribution in [1.82, 2.24) is 9.88 Å². The number of hydrogen-bond acceptors (Lipinski definition) is 5. The maximum Gasteiger partial charge on any atom is 0.338 e. The highest BCUT2D eigenvalue weighted by Gasteiger charge is 2.28. The lowest BCUT2D eigenvalue weighted by molar-refractivity contribution is 0.0695. The number of hydrogen-bond donors (Lipinski definition) is 2. The first-order valence-corrected chi connectivity index (χ1v) is 12.4. The number of amides is 1. The van der Waals surface area contributed by atoms with E-state index >= 15 is 0 Å². The van der Waals surface area contributed by atoms with Crippen molar-refractivity contribution in [3.8, 4) is 0 Å². The van der Waals surface area contributed by atoms with Crippen molar-refractivity contribution in [2.75, 3.05) is 18.4 Å². The molecule has 6 nitrogen and oxygen atoms in total. The molecule has 1 aliphatic heterocycles. The summed E-state index contributed by atoms with van der Waals surface area (Å²) in [5.74, 6) is -2.35. The summed E-state index contributed by atoms with van der Waals surface area (Å²) in [7, 11) is 0. The Balaban J connectivity index is 1.43. The average molecular weight is 508 g/mol. The van der Waals surface area contributed by atoms with Gasteiger partial charge in [0, 0.05) is 37.3 Å². The molecule has 1 aliphatic rings. The fourth-order valence-electron chi connectivity index (χ4n) is 4.68. The zero-order valence-electron chi connectivity index (χ0n) is 19.2. The van der Waals surface area contributed by atoms with Gasteiger partial charge in [0.05, 0.1) is 27.0 Å². The largest absolute Gasteiger partial charge is 0.478 e. The Morgan fingerprint density at radius 2 is 1.75 bits per heavy atom. The molecule has 0 bridgehead atoms. The standard InChI is InChI=1S/C27H23F2N3O3S/c28-19-10-16(11-20(29)12-19)13-30-23-21(14-31-24-22(27(34)35)15-36-25(23)24)26(33)32-8-6-18(7-9-32)17-4-2-1-3-5-17/h1-5,10-12,14-15,18H,6-9,13H2,(H,30,31)(H,34,35). The van der Waals surface area contributed by atoms with E-state index in [-0.39, 0.29) is 23.5 Å². The van der Waals surface area contributed by atoms with Gasteiger partial charge in [-0.1, -0.05) is 30.3 Å². The van der Waals surface area contributed by atoms with Crippen LogP contribution in [0.15, 0.2) is 60.1 Å². The zero-order valence-corrected chi connectivity index (χ0v) is 20.0. The fraction of sp³-hybridized carbons (Fsp3) is 0.222. The number of likely N-dealkylation sites (tertiary alicyclic amines) is 1. The quantitative estimate of drug-likeness (QED) is 0.339. The fourth-order valence-corrected chi connectivity index (χ4v) is 5.70. The summed E-state index contributed by atoms with van der Waals surface area (Å²) in [5, 5.41) is 14.1. The van der Waals surface area contributed by atoms with Crippen LogP contribution >= 0.6 is 11.3 Å². The predicted octanol–water partition coefficient (Wildman–Crippen LogP) is 5.90. The summed E-state index contributed by atoms with van der Waals surface area (Å²) >= 11 is 1.16. The topological polar surface area (TPSA) is 82.5 Å². The van der Waals surface area contributed by atoms with Gasteiger partial charge in [0.1, 0.15) is 11.6 Å². The molecule has 0 atom stereocenters. The normalized spacial score (nSPS) is 14.2. The smallest absolute Gasteiger partial charge is 0.338 e. The highest BCUT2D eigenvalue weighted by Crippen LogP contribution is 2.36. The van der Waals surface area contributed by atoms with E-state index in [0.29, 0.717) is 40.5 Å². The summed E-state index contributed by atoms with van der Waals surface area (Å²) in [5.41, 5.74) is 2.64. The van der Waals surface area contributed by atoms with Crippen LogP contribution in [0, 0.1) is 11.6 Å². The Bertz CT molecular complexity index is 1410. The van der Waals surface area contributed by atoms with Gasteiger partial charge in [-0.2, -0.15) is 0 Å². The number of carboxylic acid groups (broad SMARTS) is 1. The maximum absolute atomic E-state index is 13.7. The number of aromatic nitrogens is 1. The number of rotatable bonds is 6. The van der Waals surface area contributed by atoms with Crippen LogP contribution in [0.25, 0.3) is 10.2 Å². The molecule has 184 valence electrons. The molecule has 3 heterocycles. The zero-order chi connectivity index (χ0) is 25.2. The highest BCUT2D eigenvalue weighted by atomic mass is 32.1. The van der Waals surface area contributed by atoms with Crippen molar-refractivity contribution in [3.05, 3.63) is 94.0 Å². The third-order valence-electron chi connectivity index (χ3n) is 6.49. The molecule has 4 aromatic rings. The Labute approximate surface area is 210 Å². The third kappa shape index (κ3) is 4.79. The second-order valence-electron chi connectivity index (χ2n) is 8.79. The average Bonchev–Trinajstić information content (AvgIpc) is 3.32. The number of pyridine rings is 1. The number of benzene rings is 2. The summed E-state index contributed by atoms with van der Waals surface area (Å²) in [4.78, 5) is 31.3. The Kier molecular flexibility index (Phi) is 6.65. The van der Waals surface area contributed by atoms with E-state index in [1.165, 1.54) is 29.3 Å². The van der Waals surface area contributed by atoms with Crippen LogP contribution < -0.4 is 5.32 Å². The van der Waals surface area contributed by atoms with Gasteiger partial charge >= 0.3 is 5.97 Å². The van der Waals surface area contributed by atoms with Gasteiger partial charge in [0.25, 0.3) is 5.91 Å². The van der Waals surface area contributed by atoms with Crippen LogP contribution in [0.3, 0.4) is 0 Å². The number of piperidine rings is 1. The minimum Gasteiger partial charge on any atom is -0.478 e. The molecule has 0 spiro atoms. The van der Waals surface area contributed by atoms with E-state index < -0.39 is 17.6 Å². The van der Waals surface area contributed by atoms with E-state index in [0.717, 1.165) is 30.2 Å². The summed E-state index contributed by atoms with van der Waals surface area (Å²) in [6, 6.07) is 13.4. The minimum atomic E-state index is -1.12. The Morgan fingerprint density at radius 1 is 1.06 bits per heavy atom. The molecule has 2 aromatic carbocycles. The molecular formula is C27H23F2N3O3S. The number of carbonyl (C=O) groups excluding carboxylic acids is 1. The molecule has 0 saturated carbocycles. The second kappa shape index (κ2) is 10.0. The number of nitrogens with one attached hydrogen (secondary N) is 1. The van der Waals surface area contributed by atoms with Crippen molar-refractivity contribution in [2.24, 2.45) is 0 Å². The number of carboxylic acids is 1. The van der Waals surface area contributed by atoms with E-state index in [1.54, 1.807) is 4.90 Å². The second-order valence-corrected chi connectivity index (χ2v) is 9.67. The first-order chi connectivity index (χ1) is 17.4. The molecule has 0 aliphatic carbocycles. The Hall–Kier alpha value is -3.85. The molecule has 0 unspecified atom stereocenters. The molecule has 9 heteroatoms. The third-order valence-corrected chi connectivity index (χ3v) is 7.48. The van der Waals surface area contributed by atoms with E-state index in [9.17, 15) is 23.5 Å². The van der Waals surface area contributed by atoms with Crippen molar-refractivity contribution >= 4 is 39.1 Å². The van der Waals surface area contributed by atoms with Crippen LogP contribution in [-0.4, -0.2) is 40.0 Å². The van der Waals surface area contributed by atoms with Crippen molar-refractivity contribution in [1.29, 1.82) is 0 Å². The van der Waals surface area contributed by atoms with E-state index in [2.05, 4.69) is 22.4 Å². The molecule has 1 amide bonds. The minimum absolute atomic E-state index is 0.0394. The van der Waals surface area contributed by atoms with Crippen LogP contribution in [0.1, 0.15) is 50.6 Å². The summed E-state index contributed by atoms with van der Waals surface area (Å²) < 4.78 is 27.9. The molecular weight excluding hydrogens is 484 g/mol. The molecule has 5 rings (SSSR count). The Morgan fingerprint density at radius 3 is 2.42 bits per heavy atom. The maximum atomic E-state index is 13.7. The molecule has 36 heavy (non-hydrogen) atoms. The van der Waals surface area contributed by atoms with Crippen LogP contribution in [0.2, 0.25) is 0 Å². The van der Waals surface area contributed by atoms with Crippen molar-refractivity contribution in [2.45, 2.75) is 25.3 Å². The van der Waals surface area contributed by atoms with Gasteiger partial charge in [-0.3, -0.25) is 9.78 Å². The first kappa shape index (κ1) is 23.9. The van der Waals surface area contributed by atoms with Gasteiger partial charge in [0.2, 0.25) is 0 Å². The lowest BCUT2D eigenvalue weighted by Crippen LogP contribution is -2.38. The van der Waals surface area contributed by atoms with Crippen LogP contribution in [0.5, 0.6) is 0 Å². The number of thiophene rings is 1. The number of aromatic carboxylic acids is 1. The van der Waals surface area contributed by atoms with E-state index in [4.69, 9.17) is 0 Å². The molecule has 0 radical (unpaired) electrons. The number of halogens is 2. The number of nitrogens with zero attached hydrogens (tertiary/aromatic N) is 2. The van der Waals surface area contributed by atoms with Gasteiger partial charge in [-0.25, -0.2) is 13.6 Å². The monoisotopic (exact) mass is 507 g/mol. The molecule has 2 N–H and O–H groups in total. The van der Waals surface area contributed by atoms with Crippen LogP contribution in [-0.2, 0) is 6.54 Å². The summed E-state index contributed by atoms with van der Waals surface area (Å²) in [6.07, 6.45) is 3.06. The highest BCUT2D eigenvalue weighted by molar-refractivity contribution is 7.18. The number of carbonyl (C=O) groups is 2. The number of anilines is 1. The van der Waals surface area contributed by atoms with E-state index in [1.807, 2.05) is 18.2 Å². The lowest BCUT2D eigenvalue weighted by atomic mass is 9.89. The van der Waals surface area contributed by atoms with Crippen molar-refractivity contribution in [3.63, 3.8) is 0 Å². The summed E-state index contributed by atoms with van der Waals surface area (Å²) in [6.45, 7) is 1.20. The molecule has 2 aromatic heterocycles. The molecule has 1 fully saturated rings. The van der Waals surface area contributed by atoms with Crippen molar-refractivity contribution < 1.29 is 23.5 Å². The van der Waals surface area contributed by atoms with Gasteiger partial charge < -0.3 is 15.3 Å². The number of fused-ring (bicyclic) bond motifs is 1. The van der Waals surface area contributed by atoms with Gasteiger partial charge in [-0.05, 0) is 42.0 Å². The first-order valence-electron chi connectivity index (χ1n) is 11.6.